The van der Waals surface area contributed by atoms with E-state index in [0.29, 0.717) is 24.8 Å². The molecule has 3 N–H and O–H groups in total. The Bertz CT molecular complexity index is 805. The number of Topliss-reactive ketones (excluding diaryl/α,β-unsaturated/α-hetero) is 1. The average molecular weight is 392 g/mol. The van der Waals surface area contributed by atoms with Crippen LogP contribution in [0.4, 0.5) is 4.39 Å². The Kier molecular flexibility index (Phi) is 4.15. The number of hydrogen-bond donors (Lipinski definition) is 3. The second-order valence-electron chi connectivity index (χ2n) is 9.75. The Morgan fingerprint density at radius 3 is 2.64 bits per heavy atom. The van der Waals surface area contributed by atoms with Gasteiger partial charge in [-0.15, -0.1) is 0 Å². The summed E-state index contributed by atoms with van der Waals surface area (Å²) in [6.45, 7) is 4.48. The number of rotatable bonds is 2. The molecule has 0 aromatic heterocycles. The van der Waals surface area contributed by atoms with Crippen LogP contribution in [0.2, 0.25) is 0 Å². The molecule has 3 saturated carbocycles. The van der Waals surface area contributed by atoms with E-state index >= 15 is 4.39 Å². The van der Waals surface area contributed by atoms with Gasteiger partial charge in [-0.05, 0) is 56.6 Å². The lowest BCUT2D eigenvalue weighted by Gasteiger charge is -2.62. The summed E-state index contributed by atoms with van der Waals surface area (Å²) in [6.07, 6.45) is 4.44. The Labute approximate surface area is 164 Å². The van der Waals surface area contributed by atoms with Crippen molar-refractivity contribution in [2.45, 2.75) is 63.8 Å². The van der Waals surface area contributed by atoms with Crippen molar-refractivity contribution < 1.29 is 29.3 Å². The van der Waals surface area contributed by atoms with Crippen LogP contribution < -0.4 is 0 Å². The van der Waals surface area contributed by atoms with Crippen LogP contribution in [0.1, 0.15) is 46.5 Å². The third-order valence-corrected chi connectivity index (χ3v) is 8.79. The van der Waals surface area contributed by atoms with Crippen LogP contribution in [0.5, 0.6) is 0 Å². The summed E-state index contributed by atoms with van der Waals surface area (Å²) in [5.74, 6) is -2.12. The molecule has 0 bridgehead atoms. The molecule has 0 spiro atoms. The summed E-state index contributed by atoms with van der Waals surface area (Å²) in [6, 6.07) is 0. The van der Waals surface area contributed by atoms with Crippen molar-refractivity contribution in [3.63, 3.8) is 0 Å². The number of carbonyl (C=O) groups is 2. The molecule has 4 rings (SSSR count). The molecule has 4 aliphatic rings. The van der Waals surface area contributed by atoms with Crippen molar-refractivity contribution >= 4 is 11.6 Å². The van der Waals surface area contributed by atoms with E-state index in [1.54, 1.807) is 26.8 Å². The van der Waals surface area contributed by atoms with Crippen molar-refractivity contribution in [2.24, 2.45) is 28.6 Å². The number of ketones is 2. The number of halogens is 1. The first-order chi connectivity index (χ1) is 13.0. The zero-order chi connectivity index (χ0) is 20.7. The maximum atomic E-state index is 16.9. The highest BCUT2D eigenvalue weighted by molar-refractivity contribution is 6.01. The van der Waals surface area contributed by atoms with Gasteiger partial charge in [0.1, 0.15) is 12.2 Å². The number of allylic oxidation sites excluding steroid dienone is 4. The topological polar surface area (TPSA) is 94.8 Å². The smallest absolute Gasteiger partial charge is 0.190 e. The minimum atomic E-state index is -1.98. The standard InChI is InChI=1S/C22H29FO5/c1-12-8-16-15-5-4-13-9-14(25)6-7-19(13,2)21(15,23)17(26)10-20(16,3)22(12,28)18(27)11-24/h6-7,9,12,15-17,24,26,28H,4-5,8,10-11H2,1-3H3/t12-,15+,16-,17?,19-,20+,21+,22-/m0/s1. The normalized spacial score (nSPS) is 52.5. The lowest BCUT2D eigenvalue weighted by atomic mass is 9.44. The number of aliphatic hydroxyl groups excluding tert-OH is 2. The van der Waals surface area contributed by atoms with E-state index < -0.39 is 52.4 Å². The molecule has 28 heavy (non-hydrogen) atoms. The maximum absolute atomic E-state index is 16.9. The van der Waals surface area contributed by atoms with E-state index in [4.69, 9.17) is 0 Å². The molecule has 1 unspecified atom stereocenters. The van der Waals surface area contributed by atoms with E-state index in [1.165, 1.54) is 12.2 Å². The van der Waals surface area contributed by atoms with Gasteiger partial charge in [-0.1, -0.05) is 25.5 Å². The summed E-state index contributed by atoms with van der Waals surface area (Å²) >= 11 is 0. The van der Waals surface area contributed by atoms with Gasteiger partial charge in [-0.25, -0.2) is 4.39 Å². The van der Waals surface area contributed by atoms with Crippen LogP contribution in [0, 0.1) is 28.6 Å². The van der Waals surface area contributed by atoms with Gasteiger partial charge in [0.15, 0.2) is 17.2 Å². The van der Waals surface area contributed by atoms with Crippen LogP contribution in [-0.2, 0) is 9.59 Å². The molecular weight excluding hydrogens is 363 g/mol. The average Bonchev–Trinajstić information content (AvgIpc) is 2.84. The largest absolute Gasteiger partial charge is 0.390 e. The fourth-order valence-electron chi connectivity index (χ4n) is 7.26. The van der Waals surface area contributed by atoms with Gasteiger partial charge in [0.2, 0.25) is 0 Å². The van der Waals surface area contributed by atoms with E-state index in [2.05, 4.69) is 0 Å². The van der Waals surface area contributed by atoms with Gasteiger partial charge in [0.25, 0.3) is 0 Å². The lowest BCUT2D eigenvalue weighted by molar-refractivity contribution is -0.219. The predicted octanol–water partition coefficient (Wildman–Crippen LogP) is 1.90. The van der Waals surface area contributed by atoms with Crippen molar-refractivity contribution in [1.82, 2.24) is 0 Å². The monoisotopic (exact) mass is 392 g/mol. The summed E-state index contributed by atoms with van der Waals surface area (Å²) in [5.41, 5.74) is -5.17. The second-order valence-corrected chi connectivity index (χ2v) is 9.75. The first-order valence-corrected chi connectivity index (χ1v) is 10.1. The highest BCUT2D eigenvalue weighted by atomic mass is 19.1. The first-order valence-electron chi connectivity index (χ1n) is 10.1. The summed E-state index contributed by atoms with van der Waals surface area (Å²) in [7, 11) is 0. The molecule has 8 atom stereocenters. The molecule has 3 fully saturated rings. The number of carbonyl (C=O) groups excluding carboxylic acids is 2. The minimum Gasteiger partial charge on any atom is -0.390 e. The molecule has 0 amide bonds. The van der Waals surface area contributed by atoms with Gasteiger partial charge in [-0.2, -0.15) is 0 Å². The van der Waals surface area contributed by atoms with Gasteiger partial charge in [-0.3, -0.25) is 9.59 Å². The van der Waals surface area contributed by atoms with E-state index in [-0.39, 0.29) is 18.1 Å². The van der Waals surface area contributed by atoms with Gasteiger partial charge >= 0.3 is 0 Å². The summed E-state index contributed by atoms with van der Waals surface area (Å²) < 4.78 is 16.9. The molecular formula is C22H29FO5. The van der Waals surface area contributed by atoms with Crippen molar-refractivity contribution in [3.05, 3.63) is 23.8 Å². The van der Waals surface area contributed by atoms with Crippen LogP contribution >= 0.6 is 0 Å². The minimum absolute atomic E-state index is 0.0676. The van der Waals surface area contributed by atoms with E-state index in [1.807, 2.05) is 0 Å². The second kappa shape index (κ2) is 5.83. The number of alkyl halides is 1. The van der Waals surface area contributed by atoms with Crippen LogP contribution in [0.25, 0.3) is 0 Å². The zero-order valence-electron chi connectivity index (χ0n) is 16.6. The molecule has 4 aliphatic carbocycles. The zero-order valence-corrected chi connectivity index (χ0v) is 16.6. The Morgan fingerprint density at radius 2 is 2.00 bits per heavy atom. The molecule has 0 aromatic carbocycles. The highest BCUT2D eigenvalue weighted by Crippen LogP contribution is 2.70. The van der Waals surface area contributed by atoms with Crippen molar-refractivity contribution in [3.8, 4) is 0 Å². The number of aliphatic hydroxyl groups is 3. The lowest BCUT2D eigenvalue weighted by Crippen LogP contribution is -2.69. The van der Waals surface area contributed by atoms with Gasteiger partial charge in [0.05, 0.1) is 6.10 Å². The quantitative estimate of drug-likeness (QED) is 0.667. The summed E-state index contributed by atoms with van der Waals surface area (Å²) in [5, 5.41) is 32.0. The first kappa shape index (κ1) is 19.9. The van der Waals surface area contributed by atoms with Crippen LogP contribution in [0.15, 0.2) is 23.8 Å². The van der Waals surface area contributed by atoms with Crippen LogP contribution in [0.3, 0.4) is 0 Å². The Hall–Kier alpha value is -1.37. The van der Waals surface area contributed by atoms with Gasteiger partial charge in [0, 0.05) is 16.7 Å². The third-order valence-electron chi connectivity index (χ3n) is 8.79. The molecule has 6 heteroatoms. The number of fused-ring (bicyclic) bond motifs is 5. The fourth-order valence-corrected chi connectivity index (χ4v) is 7.26. The van der Waals surface area contributed by atoms with Crippen molar-refractivity contribution in [1.29, 1.82) is 0 Å². The molecule has 154 valence electrons. The fraction of sp³-hybridized carbons (Fsp3) is 0.727. The number of hydrogen-bond acceptors (Lipinski definition) is 5. The predicted molar refractivity (Wildman–Crippen MR) is 99.9 cm³/mol. The van der Waals surface area contributed by atoms with Gasteiger partial charge < -0.3 is 15.3 Å². The Balaban J connectivity index is 1.84. The molecule has 0 radical (unpaired) electrons. The van der Waals surface area contributed by atoms with Crippen LogP contribution in [-0.4, -0.2) is 50.9 Å². The molecule has 0 aromatic rings. The molecule has 5 nitrogen and oxygen atoms in total. The van der Waals surface area contributed by atoms with Crippen molar-refractivity contribution in [2.75, 3.05) is 6.61 Å². The van der Waals surface area contributed by atoms with E-state index in [0.717, 1.165) is 0 Å². The molecule has 0 saturated heterocycles. The highest BCUT2D eigenvalue weighted by Gasteiger charge is 2.75. The molecule has 0 aliphatic heterocycles. The van der Waals surface area contributed by atoms with E-state index in [9.17, 15) is 24.9 Å². The SMILES string of the molecule is C[C@H]1C[C@H]2[C@H]3CCC4=CC(=O)C=C[C@]4(C)[C@]3(F)C(O)C[C@@]2(C)[C@@]1(O)C(=O)CO. The maximum Gasteiger partial charge on any atom is 0.190 e. The third kappa shape index (κ3) is 2.01. The molecule has 0 heterocycles. The Morgan fingerprint density at radius 1 is 1.32 bits per heavy atom. The summed E-state index contributed by atoms with van der Waals surface area (Å²) in [4.78, 5) is 24.4.